The summed E-state index contributed by atoms with van der Waals surface area (Å²) in [6.07, 6.45) is 0.848. The van der Waals surface area contributed by atoms with Crippen LogP contribution < -0.4 is 10.1 Å². The quantitative estimate of drug-likeness (QED) is 0.713. The summed E-state index contributed by atoms with van der Waals surface area (Å²) in [5.41, 5.74) is 0.891. The Kier molecular flexibility index (Phi) is 3.61. The van der Waals surface area contributed by atoms with Crippen LogP contribution in [0.15, 0.2) is 12.3 Å². The molecule has 2 N–H and O–H groups in total. The largest absolute Gasteiger partial charge is 0.481 e. The molecule has 1 aromatic heterocycles. The number of amides is 1. The zero-order chi connectivity index (χ0) is 11.3. The lowest BCUT2D eigenvalue weighted by Gasteiger charge is -2.07. The molecule has 1 heterocycles. The molecule has 0 fully saturated rings. The Morgan fingerprint density at radius 1 is 1.73 bits per heavy atom. The Balaban J connectivity index is 2.90. The highest BCUT2D eigenvalue weighted by molar-refractivity contribution is 5.74. The Hall–Kier alpha value is -2.11. The van der Waals surface area contributed by atoms with E-state index in [0.29, 0.717) is 23.3 Å². The van der Waals surface area contributed by atoms with Gasteiger partial charge in [-0.1, -0.05) is 0 Å². The molecule has 0 aliphatic rings. The van der Waals surface area contributed by atoms with E-state index in [9.17, 15) is 9.59 Å². The number of aldehydes is 1. The molecule has 1 rings (SSSR count). The molecule has 0 aliphatic carbocycles. The van der Waals surface area contributed by atoms with E-state index in [0.717, 1.165) is 0 Å². The average molecular weight is 210 g/mol. The van der Waals surface area contributed by atoms with Gasteiger partial charge in [0.25, 0.3) is 0 Å². The normalized spacial score (nSPS) is 9.40. The number of carbonyl (C=O) groups excluding carboxylic acids is 1. The number of pyridine rings is 1. The van der Waals surface area contributed by atoms with Crippen LogP contribution in [0.2, 0.25) is 0 Å². The van der Waals surface area contributed by atoms with Gasteiger partial charge in [-0.25, -0.2) is 9.78 Å². The first-order valence-electron chi connectivity index (χ1n) is 4.12. The van der Waals surface area contributed by atoms with Gasteiger partial charge in [-0.2, -0.15) is 0 Å². The van der Waals surface area contributed by atoms with E-state index in [1.807, 2.05) is 0 Å². The maximum absolute atomic E-state index is 10.5. The average Bonchev–Trinajstić information content (AvgIpc) is 2.25. The van der Waals surface area contributed by atoms with Crippen LogP contribution in [0.1, 0.15) is 15.9 Å². The molecule has 6 nitrogen and oxygen atoms in total. The van der Waals surface area contributed by atoms with Crippen LogP contribution >= 0.6 is 0 Å². The molecule has 15 heavy (non-hydrogen) atoms. The van der Waals surface area contributed by atoms with E-state index in [4.69, 9.17) is 9.84 Å². The summed E-state index contributed by atoms with van der Waals surface area (Å²) >= 11 is 0. The Bertz CT molecular complexity index is 378. The Morgan fingerprint density at radius 3 is 3.00 bits per heavy atom. The lowest BCUT2D eigenvalue weighted by atomic mass is 10.2. The van der Waals surface area contributed by atoms with E-state index in [1.165, 1.54) is 19.4 Å². The molecule has 0 radical (unpaired) electrons. The van der Waals surface area contributed by atoms with Crippen molar-refractivity contribution < 1.29 is 19.4 Å². The summed E-state index contributed by atoms with van der Waals surface area (Å²) in [4.78, 5) is 24.6. The first-order chi connectivity index (χ1) is 7.17. The van der Waals surface area contributed by atoms with Gasteiger partial charge in [0.05, 0.1) is 13.7 Å². The van der Waals surface area contributed by atoms with Crippen LogP contribution in [0.5, 0.6) is 5.88 Å². The van der Waals surface area contributed by atoms with Crippen molar-refractivity contribution in [1.29, 1.82) is 0 Å². The fourth-order valence-corrected chi connectivity index (χ4v) is 1.06. The van der Waals surface area contributed by atoms with Crippen LogP contribution in [0.3, 0.4) is 0 Å². The third-order valence-electron chi connectivity index (χ3n) is 1.71. The molecule has 0 atom stereocenters. The van der Waals surface area contributed by atoms with Crippen molar-refractivity contribution in [2.75, 3.05) is 7.11 Å². The van der Waals surface area contributed by atoms with Gasteiger partial charge in [-0.15, -0.1) is 0 Å². The molecule has 80 valence electrons. The van der Waals surface area contributed by atoms with Crippen LogP contribution in [0.25, 0.3) is 0 Å². The number of methoxy groups -OCH3 is 1. The Morgan fingerprint density at radius 2 is 2.47 bits per heavy atom. The van der Waals surface area contributed by atoms with Gasteiger partial charge in [0.2, 0.25) is 5.88 Å². The predicted octanol–water partition coefficient (Wildman–Crippen LogP) is 0.670. The molecule has 1 amide bonds. The smallest absolute Gasteiger partial charge is 0.404 e. The maximum atomic E-state index is 10.5. The fraction of sp³-hybridized carbons (Fsp3) is 0.222. The third-order valence-corrected chi connectivity index (χ3v) is 1.71. The van der Waals surface area contributed by atoms with Crippen LogP contribution in [-0.2, 0) is 6.54 Å². The van der Waals surface area contributed by atoms with Gasteiger partial charge in [0.1, 0.15) is 0 Å². The minimum Gasteiger partial charge on any atom is -0.481 e. The van der Waals surface area contributed by atoms with E-state index in [2.05, 4.69) is 10.3 Å². The third kappa shape index (κ3) is 2.94. The van der Waals surface area contributed by atoms with E-state index < -0.39 is 6.09 Å². The zero-order valence-electron chi connectivity index (χ0n) is 8.06. The molecule has 0 saturated carbocycles. The van der Waals surface area contributed by atoms with Crippen LogP contribution in [0, 0.1) is 0 Å². The standard InChI is InChI=1S/C9H10N2O4/c1-15-8-7(4-11-9(13)14)2-6(5-12)3-10-8/h2-3,5,11H,4H2,1H3,(H,13,14). The van der Waals surface area contributed by atoms with Crippen molar-refractivity contribution in [3.05, 3.63) is 23.4 Å². The number of nitrogens with zero attached hydrogens (tertiary/aromatic N) is 1. The summed E-state index contributed by atoms with van der Waals surface area (Å²) in [6.45, 7) is 0.0488. The monoisotopic (exact) mass is 210 g/mol. The first-order valence-corrected chi connectivity index (χ1v) is 4.12. The minimum atomic E-state index is -1.14. The van der Waals surface area contributed by atoms with Crippen LogP contribution in [0.4, 0.5) is 4.79 Å². The van der Waals surface area contributed by atoms with Gasteiger partial charge in [-0.3, -0.25) is 4.79 Å². The molecule has 1 aromatic rings. The van der Waals surface area contributed by atoms with E-state index >= 15 is 0 Å². The van der Waals surface area contributed by atoms with Gasteiger partial charge < -0.3 is 15.2 Å². The number of hydrogen-bond acceptors (Lipinski definition) is 4. The number of nitrogens with one attached hydrogen (secondary N) is 1. The highest BCUT2D eigenvalue weighted by Gasteiger charge is 2.06. The summed E-state index contributed by atoms with van der Waals surface area (Å²) < 4.78 is 4.92. The second-order valence-corrected chi connectivity index (χ2v) is 2.71. The minimum absolute atomic E-state index is 0.0488. The number of carbonyl (C=O) groups is 2. The second kappa shape index (κ2) is 4.94. The molecule has 0 aromatic carbocycles. The van der Waals surface area contributed by atoms with Crippen molar-refractivity contribution in [3.63, 3.8) is 0 Å². The Labute approximate surface area is 85.9 Å². The van der Waals surface area contributed by atoms with E-state index in [-0.39, 0.29) is 6.54 Å². The van der Waals surface area contributed by atoms with Crippen molar-refractivity contribution in [2.24, 2.45) is 0 Å². The lowest BCUT2D eigenvalue weighted by Crippen LogP contribution is -2.20. The molecule has 0 spiro atoms. The fourth-order valence-electron chi connectivity index (χ4n) is 1.06. The van der Waals surface area contributed by atoms with Crippen LogP contribution in [-0.4, -0.2) is 29.6 Å². The number of ether oxygens (including phenoxy) is 1. The summed E-state index contributed by atoms with van der Waals surface area (Å²) in [6, 6.07) is 1.52. The van der Waals surface area contributed by atoms with Crippen molar-refractivity contribution in [2.45, 2.75) is 6.54 Å². The molecule has 0 aliphatic heterocycles. The zero-order valence-corrected chi connectivity index (χ0v) is 8.06. The van der Waals surface area contributed by atoms with Crippen molar-refractivity contribution >= 4 is 12.4 Å². The highest BCUT2D eigenvalue weighted by atomic mass is 16.5. The molecule has 6 heteroatoms. The number of carboxylic acid groups (broad SMARTS) is 1. The SMILES string of the molecule is COc1ncc(C=O)cc1CNC(=O)O. The van der Waals surface area contributed by atoms with Crippen molar-refractivity contribution in [1.82, 2.24) is 10.3 Å². The summed E-state index contributed by atoms with van der Waals surface area (Å²) in [5.74, 6) is 0.300. The molecular weight excluding hydrogens is 200 g/mol. The maximum Gasteiger partial charge on any atom is 0.404 e. The predicted molar refractivity (Wildman–Crippen MR) is 51.0 cm³/mol. The van der Waals surface area contributed by atoms with E-state index in [1.54, 1.807) is 0 Å². The molecule has 0 saturated heterocycles. The van der Waals surface area contributed by atoms with Crippen molar-refractivity contribution in [3.8, 4) is 5.88 Å². The van der Waals surface area contributed by atoms with Gasteiger partial charge in [0.15, 0.2) is 6.29 Å². The summed E-state index contributed by atoms with van der Waals surface area (Å²) in [7, 11) is 1.42. The number of rotatable bonds is 4. The molecule has 0 unspecified atom stereocenters. The number of aromatic nitrogens is 1. The number of hydrogen-bond donors (Lipinski definition) is 2. The highest BCUT2D eigenvalue weighted by Crippen LogP contribution is 2.15. The molecular formula is C9H10N2O4. The first kappa shape index (κ1) is 11.0. The topological polar surface area (TPSA) is 88.5 Å². The molecule has 0 bridgehead atoms. The van der Waals surface area contributed by atoms with Gasteiger partial charge in [0, 0.05) is 17.3 Å². The van der Waals surface area contributed by atoms with Gasteiger partial charge >= 0.3 is 6.09 Å². The second-order valence-electron chi connectivity index (χ2n) is 2.71. The summed E-state index contributed by atoms with van der Waals surface area (Å²) in [5, 5.41) is 10.6. The lowest BCUT2D eigenvalue weighted by molar-refractivity contribution is 0.112. The van der Waals surface area contributed by atoms with Gasteiger partial charge in [-0.05, 0) is 6.07 Å².